The van der Waals surface area contributed by atoms with Crippen molar-refractivity contribution in [2.24, 2.45) is 0 Å². The number of carboxylic acid groups (broad SMARTS) is 1. The van der Waals surface area contributed by atoms with Crippen LogP contribution in [0.3, 0.4) is 0 Å². The molecular weight excluding hydrogens is 270 g/mol. The fourth-order valence-corrected chi connectivity index (χ4v) is 2.22. The van der Waals surface area contributed by atoms with E-state index in [9.17, 15) is 9.59 Å². The quantitative estimate of drug-likeness (QED) is 0.886. The van der Waals surface area contributed by atoms with Crippen LogP contribution in [0, 0.1) is 13.8 Å². The molecule has 0 radical (unpaired) electrons. The molecular formula is C16H17NO4. The number of nitrogens with one attached hydrogen (secondary N) is 1. The lowest BCUT2D eigenvalue weighted by atomic mass is 9.98. The van der Waals surface area contributed by atoms with Gasteiger partial charge in [0.1, 0.15) is 0 Å². The lowest BCUT2D eigenvalue weighted by molar-refractivity contribution is -0.137. The summed E-state index contributed by atoms with van der Waals surface area (Å²) in [6.07, 6.45) is 1.25. The van der Waals surface area contributed by atoms with Gasteiger partial charge < -0.3 is 14.8 Å². The van der Waals surface area contributed by atoms with Crippen molar-refractivity contribution in [1.29, 1.82) is 0 Å². The van der Waals surface area contributed by atoms with Crippen LogP contribution >= 0.6 is 0 Å². The summed E-state index contributed by atoms with van der Waals surface area (Å²) in [4.78, 5) is 23.3. The zero-order valence-electron chi connectivity index (χ0n) is 11.9. The van der Waals surface area contributed by atoms with Gasteiger partial charge in [-0.1, -0.05) is 24.3 Å². The highest BCUT2D eigenvalue weighted by molar-refractivity contribution is 5.93. The van der Waals surface area contributed by atoms with E-state index in [0.29, 0.717) is 5.56 Å². The average Bonchev–Trinajstić information content (AvgIpc) is 2.84. The maximum Gasteiger partial charge on any atom is 0.305 e. The van der Waals surface area contributed by atoms with Gasteiger partial charge in [-0.15, -0.1) is 0 Å². The zero-order chi connectivity index (χ0) is 15.4. The Morgan fingerprint density at radius 3 is 2.48 bits per heavy atom. The topological polar surface area (TPSA) is 79.5 Å². The predicted molar refractivity (Wildman–Crippen MR) is 77.1 cm³/mol. The summed E-state index contributed by atoms with van der Waals surface area (Å²) in [5.74, 6) is -1.18. The van der Waals surface area contributed by atoms with Crippen LogP contribution in [-0.2, 0) is 4.79 Å². The molecule has 5 heteroatoms. The summed E-state index contributed by atoms with van der Waals surface area (Å²) in [5.41, 5.74) is 2.43. The van der Waals surface area contributed by atoms with Crippen molar-refractivity contribution >= 4 is 11.9 Å². The molecule has 21 heavy (non-hydrogen) atoms. The first-order chi connectivity index (χ1) is 9.99. The molecule has 0 saturated heterocycles. The summed E-state index contributed by atoms with van der Waals surface area (Å²) in [7, 11) is 0. The summed E-state index contributed by atoms with van der Waals surface area (Å²) >= 11 is 0. The van der Waals surface area contributed by atoms with Gasteiger partial charge in [0.15, 0.2) is 5.76 Å². The van der Waals surface area contributed by atoms with Crippen molar-refractivity contribution in [3.63, 3.8) is 0 Å². The van der Waals surface area contributed by atoms with E-state index in [1.54, 1.807) is 13.0 Å². The van der Waals surface area contributed by atoms with Crippen molar-refractivity contribution in [3.05, 3.63) is 59.0 Å². The fraction of sp³-hybridized carbons (Fsp3) is 0.250. The van der Waals surface area contributed by atoms with Gasteiger partial charge >= 0.3 is 5.97 Å². The third-order valence-electron chi connectivity index (χ3n) is 3.32. The fourth-order valence-electron chi connectivity index (χ4n) is 2.22. The van der Waals surface area contributed by atoms with Gasteiger partial charge in [0.2, 0.25) is 0 Å². The van der Waals surface area contributed by atoms with E-state index >= 15 is 0 Å². The van der Waals surface area contributed by atoms with Crippen molar-refractivity contribution in [2.75, 3.05) is 0 Å². The third-order valence-corrected chi connectivity index (χ3v) is 3.32. The summed E-state index contributed by atoms with van der Waals surface area (Å²) in [5, 5.41) is 11.8. The second kappa shape index (κ2) is 6.26. The molecule has 1 atom stereocenters. The molecule has 2 aromatic rings. The molecule has 0 saturated carbocycles. The molecule has 0 unspecified atom stereocenters. The lowest BCUT2D eigenvalue weighted by Crippen LogP contribution is -2.30. The van der Waals surface area contributed by atoms with E-state index < -0.39 is 17.9 Å². The first-order valence-corrected chi connectivity index (χ1v) is 6.61. The number of aliphatic carboxylic acids is 1. The van der Waals surface area contributed by atoms with Crippen molar-refractivity contribution < 1.29 is 19.1 Å². The maximum absolute atomic E-state index is 12.2. The van der Waals surface area contributed by atoms with E-state index in [4.69, 9.17) is 9.52 Å². The number of aryl methyl sites for hydroxylation is 2. The Balaban J connectivity index is 2.25. The molecule has 1 heterocycles. The highest BCUT2D eigenvalue weighted by Crippen LogP contribution is 2.22. The van der Waals surface area contributed by atoms with Gasteiger partial charge in [-0.25, -0.2) is 0 Å². The molecule has 1 amide bonds. The number of carbonyl (C=O) groups is 2. The monoisotopic (exact) mass is 287 g/mol. The molecule has 110 valence electrons. The average molecular weight is 287 g/mol. The van der Waals surface area contributed by atoms with Crippen LogP contribution in [0.15, 0.2) is 41.0 Å². The molecule has 0 aliphatic rings. The Morgan fingerprint density at radius 2 is 1.90 bits per heavy atom. The molecule has 0 spiro atoms. The second-order valence-electron chi connectivity index (χ2n) is 4.91. The molecule has 0 aliphatic heterocycles. The van der Waals surface area contributed by atoms with Crippen LogP contribution in [0.25, 0.3) is 0 Å². The molecule has 2 N–H and O–H groups in total. The predicted octanol–water partition coefficient (Wildman–Crippen LogP) is 2.84. The highest BCUT2D eigenvalue weighted by atomic mass is 16.4. The first-order valence-electron chi connectivity index (χ1n) is 6.61. The Bertz CT molecular complexity index is 660. The molecule has 0 fully saturated rings. The number of hydrogen-bond acceptors (Lipinski definition) is 3. The number of carboxylic acids is 1. The normalized spacial score (nSPS) is 11.9. The molecule has 5 nitrogen and oxygen atoms in total. The van der Waals surface area contributed by atoms with E-state index in [0.717, 1.165) is 11.1 Å². The van der Waals surface area contributed by atoms with Gasteiger partial charge in [-0.3, -0.25) is 9.59 Å². The van der Waals surface area contributed by atoms with E-state index in [1.165, 1.54) is 6.26 Å². The number of rotatable bonds is 5. The molecule has 1 aromatic heterocycles. The number of furan rings is 1. The van der Waals surface area contributed by atoms with Crippen LogP contribution < -0.4 is 5.32 Å². The smallest absolute Gasteiger partial charge is 0.305 e. The van der Waals surface area contributed by atoms with E-state index in [1.807, 2.05) is 31.2 Å². The van der Waals surface area contributed by atoms with E-state index in [-0.39, 0.29) is 12.2 Å². The molecule has 2 rings (SSSR count). The van der Waals surface area contributed by atoms with Crippen LogP contribution in [-0.4, -0.2) is 17.0 Å². The van der Waals surface area contributed by atoms with Crippen LogP contribution in [0.4, 0.5) is 0 Å². The minimum Gasteiger partial charge on any atom is -0.481 e. The third kappa shape index (κ3) is 3.51. The number of hydrogen-bond donors (Lipinski definition) is 2. The summed E-state index contributed by atoms with van der Waals surface area (Å²) < 4.78 is 5.14. The Kier molecular flexibility index (Phi) is 4.42. The zero-order valence-corrected chi connectivity index (χ0v) is 11.9. The molecule has 0 aliphatic carbocycles. The molecule has 0 bridgehead atoms. The lowest BCUT2D eigenvalue weighted by Gasteiger charge is -2.19. The van der Waals surface area contributed by atoms with Crippen molar-refractivity contribution in [1.82, 2.24) is 5.32 Å². The maximum atomic E-state index is 12.2. The van der Waals surface area contributed by atoms with Gasteiger partial charge in [-0.2, -0.15) is 0 Å². The summed E-state index contributed by atoms with van der Waals surface area (Å²) in [6.45, 7) is 3.65. The van der Waals surface area contributed by atoms with Crippen molar-refractivity contribution in [3.8, 4) is 0 Å². The Labute approximate surface area is 122 Å². The largest absolute Gasteiger partial charge is 0.481 e. The van der Waals surface area contributed by atoms with Crippen LogP contribution in [0.1, 0.15) is 39.7 Å². The highest BCUT2D eigenvalue weighted by Gasteiger charge is 2.22. The van der Waals surface area contributed by atoms with Gasteiger partial charge in [-0.05, 0) is 31.0 Å². The van der Waals surface area contributed by atoms with Gasteiger partial charge in [0.25, 0.3) is 5.91 Å². The number of benzene rings is 1. The van der Waals surface area contributed by atoms with Crippen molar-refractivity contribution in [2.45, 2.75) is 26.3 Å². The minimum atomic E-state index is -0.972. The van der Waals surface area contributed by atoms with Gasteiger partial charge in [0.05, 0.1) is 18.7 Å². The van der Waals surface area contributed by atoms with E-state index in [2.05, 4.69) is 5.32 Å². The van der Waals surface area contributed by atoms with Crippen LogP contribution in [0.5, 0.6) is 0 Å². The Hall–Kier alpha value is -2.56. The standard InChI is InChI=1S/C16H17NO4/c1-10-5-3-4-6-12(10)13(9-14(18)19)17-16(20)15-11(2)7-8-21-15/h3-8,13H,9H2,1-2H3,(H,17,20)(H,18,19)/t13-/m1/s1. The minimum absolute atomic E-state index is 0.184. The second-order valence-corrected chi connectivity index (χ2v) is 4.91. The molecule has 1 aromatic carbocycles. The summed E-state index contributed by atoms with van der Waals surface area (Å²) in [6, 6.07) is 8.48. The number of amides is 1. The number of carbonyl (C=O) groups excluding carboxylic acids is 1. The van der Waals surface area contributed by atoms with Crippen LogP contribution in [0.2, 0.25) is 0 Å². The van der Waals surface area contributed by atoms with Gasteiger partial charge in [0, 0.05) is 5.56 Å². The Morgan fingerprint density at radius 1 is 1.19 bits per heavy atom. The SMILES string of the molecule is Cc1ccccc1[C@@H](CC(=O)O)NC(=O)c1occc1C. The first kappa shape index (κ1) is 14.8.